The fourth-order valence-corrected chi connectivity index (χ4v) is 2.28. The Morgan fingerprint density at radius 3 is 2.50 bits per heavy atom. The predicted octanol–water partition coefficient (Wildman–Crippen LogP) is 0.557. The molecule has 0 saturated carbocycles. The van der Waals surface area contributed by atoms with Crippen LogP contribution in [0.4, 0.5) is 4.79 Å². The van der Waals surface area contributed by atoms with Crippen LogP contribution in [-0.4, -0.2) is 55.9 Å². The van der Waals surface area contributed by atoms with E-state index in [4.69, 9.17) is 9.47 Å². The third-order valence-corrected chi connectivity index (χ3v) is 4.03. The minimum Gasteiger partial charge on any atom is -0.466 e. The molecule has 3 unspecified atom stereocenters. The Morgan fingerprint density at radius 2 is 1.92 bits per heavy atom. The van der Waals surface area contributed by atoms with Crippen LogP contribution >= 0.6 is 0 Å². The molecule has 0 aliphatic carbocycles. The lowest BCUT2D eigenvalue weighted by molar-refractivity contribution is -0.148. The molecule has 3 amide bonds. The Labute approximate surface area is 143 Å². The second kappa shape index (κ2) is 10.1. The fraction of sp³-hybridized carbons (Fsp3) is 0.812. The number of carbonyl (C=O) groups is 3. The van der Waals surface area contributed by atoms with Crippen molar-refractivity contribution in [1.82, 2.24) is 16.0 Å². The molecule has 4 atom stereocenters. The van der Waals surface area contributed by atoms with Crippen molar-refractivity contribution in [3.8, 4) is 0 Å². The van der Waals surface area contributed by atoms with E-state index in [2.05, 4.69) is 16.0 Å². The molecule has 0 aromatic heterocycles. The van der Waals surface area contributed by atoms with Gasteiger partial charge in [0.1, 0.15) is 6.04 Å². The summed E-state index contributed by atoms with van der Waals surface area (Å²) in [6.07, 6.45) is 1.98. The lowest BCUT2D eigenvalue weighted by Gasteiger charge is -2.22. The standard InChI is InChI=1S/C16H29N3O5/c1-5-23-15(21)10(2)11(3)18-14(20)12(4)19-16(22)17-9-13-7-6-8-24-13/h10-13H,5-9H2,1-4H3,(H,18,20)(H2,17,19,22)/t10?,11?,12-,13?/m0/s1. The van der Waals surface area contributed by atoms with Gasteiger partial charge < -0.3 is 25.4 Å². The average Bonchev–Trinajstić information content (AvgIpc) is 3.05. The molecule has 8 heteroatoms. The molecular formula is C16H29N3O5. The van der Waals surface area contributed by atoms with Crippen molar-refractivity contribution in [2.45, 2.75) is 58.7 Å². The lowest BCUT2D eigenvalue weighted by atomic mass is 10.0. The second-order valence-electron chi connectivity index (χ2n) is 6.05. The molecule has 0 radical (unpaired) electrons. The first-order valence-corrected chi connectivity index (χ1v) is 8.48. The summed E-state index contributed by atoms with van der Waals surface area (Å²) in [6, 6.07) is -1.53. The van der Waals surface area contributed by atoms with Crippen LogP contribution in [0.15, 0.2) is 0 Å². The summed E-state index contributed by atoms with van der Waals surface area (Å²) in [4.78, 5) is 35.6. The van der Waals surface area contributed by atoms with Gasteiger partial charge >= 0.3 is 12.0 Å². The zero-order valence-corrected chi connectivity index (χ0v) is 14.9. The van der Waals surface area contributed by atoms with Gasteiger partial charge in [-0.25, -0.2) is 4.79 Å². The van der Waals surface area contributed by atoms with Gasteiger partial charge in [-0.1, -0.05) is 0 Å². The lowest BCUT2D eigenvalue weighted by Crippen LogP contribution is -2.52. The van der Waals surface area contributed by atoms with E-state index in [0.717, 1.165) is 19.4 Å². The number of nitrogens with one attached hydrogen (secondary N) is 3. The molecule has 1 heterocycles. The molecule has 1 aliphatic rings. The van der Waals surface area contributed by atoms with E-state index >= 15 is 0 Å². The summed E-state index contributed by atoms with van der Waals surface area (Å²) < 4.78 is 10.3. The van der Waals surface area contributed by atoms with Gasteiger partial charge in [0.25, 0.3) is 0 Å². The third kappa shape index (κ3) is 6.74. The number of rotatable bonds is 8. The first kappa shape index (κ1) is 20.2. The Morgan fingerprint density at radius 1 is 1.21 bits per heavy atom. The van der Waals surface area contributed by atoms with Crippen molar-refractivity contribution in [1.29, 1.82) is 0 Å². The van der Waals surface area contributed by atoms with Gasteiger partial charge in [-0.2, -0.15) is 0 Å². The summed E-state index contributed by atoms with van der Waals surface area (Å²) >= 11 is 0. The third-order valence-electron chi connectivity index (χ3n) is 4.03. The van der Waals surface area contributed by atoms with Crippen LogP contribution in [0.5, 0.6) is 0 Å². The van der Waals surface area contributed by atoms with Crippen molar-refractivity contribution < 1.29 is 23.9 Å². The Kier molecular flexibility index (Phi) is 8.53. The topological polar surface area (TPSA) is 106 Å². The number of hydrogen-bond donors (Lipinski definition) is 3. The smallest absolute Gasteiger partial charge is 0.315 e. The zero-order valence-electron chi connectivity index (χ0n) is 14.9. The molecule has 8 nitrogen and oxygen atoms in total. The van der Waals surface area contributed by atoms with Crippen LogP contribution in [0.25, 0.3) is 0 Å². The largest absolute Gasteiger partial charge is 0.466 e. The van der Waals surface area contributed by atoms with E-state index in [1.54, 1.807) is 27.7 Å². The maximum atomic E-state index is 12.1. The van der Waals surface area contributed by atoms with Crippen LogP contribution in [0.3, 0.4) is 0 Å². The quantitative estimate of drug-likeness (QED) is 0.558. The minimum atomic E-state index is -0.716. The molecule has 24 heavy (non-hydrogen) atoms. The highest BCUT2D eigenvalue weighted by Gasteiger charge is 2.25. The van der Waals surface area contributed by atoms with E-state index in [-0.39, 0.29) is 18.0 Å². The van der Waals surface area contributed by atoms with Gasteiger partial charge in [0, 0.05) is 19.2 Å². The molecule has 0 aromatic rings. The number of urea groups is 1. The Bertz CT molecular complexity index is 437. The molecule has 1 rings (SSSR count). The molecule has 138 valence electrons. The molecule has 1 fully saturated rings. The highest BCUT2D eigenvalue weighted by molar-refractivity contribution is 5.87. The number of carbonyl (C=O) groups excluding carboxylic acids is 3. The van der Waals surface area contributed by atoms with Crippen LogP contribution < -0.4 is 16.0 Å². The van der Waals surface area contributed by atoms with Crippen molar-refractivity contribution in [3.63, 3.8) is 0 Å². The van der Waals surface area contributed by atoms with Gasteiger partial charge in [0.2, 0.25) is 5.91 Å². The number of ether oxygens (including phenoxy) is 2. The van der Waals surface area contributed by atoms with Crippen LogP contribution in [-0.2, 0) is 19.1 Å². The molecular weight excluding hydrogens is 314 g/mol. The van der Waals surface area contributed by atoms with Gasteiger partial charge in [-0.3, -0.25) is 9.59 Å². The average molecular weight is 343 g/mol. The fourth-order valence-electron chi connectivity index (χ4n) is 2.28. The zero-order chi connectivity index (χ0) is 18.1. The SMILES string of the molecule is CCOC(=O)C(C)C(C)NC(=O)[C@H](C)NC(=O)NCC1CCCO1. The second-order valence-corrected chi connectivity index (χ2v) is 6.05. The van der Waals surface area contributed by atoms with Crippen molar-refractivity contribution in [3.05, 3.63) is 0 Å². The van der Waals surface area contributed by atoms with E-state index in [9.17, 15) is 14.4 Å². The van der Waals surface area contributed by atoms with Crippen molar-refractivity contribution in [2.75, 3.05) is 19.8 Å². The first-order valence-electron chi connectivity index (χ1n) is 8.48. The maximum absolute atomic E-state index is 12.1. The summed E-state index contributed by atoms with van der Waals surface area (Å²) in [5.74, 6) is -1.18. The molecule has 0 aromatic carbocycles. The monoisotopic (exact) mass is 343 g/mol. The van der Waals surface area contributed by atoms with Gasteiger partial charge in [-0.05, 0) is 40.5 Å². The normalized spacial score (nSPS) is 20.6. The van der Waals surface area contributed by atoms with Crippen LogP contribution in [0, 0.1) is 5.92 Å². The van der Waals surface area contributed by atoms with E-state index in [1.807, 2.05) is 0 Å². The minimum absolute atomic E-state index is 0.0466. The molecule has 1 saturated heterocycles. The maximum Gasteiger partial charge on any atom is 0.315 e. The van der Waals surface area contributed by atoms with E-state index in [1.165, 1.54) is 0 Å². The first-order chi connectivity index (χ1) is 11.3. The van der Waals surface area contributed by atoms with Crippen LogP contribution in [0.1, 0.15) is 40.5 Å². The summed E-state index contributed by atoms with van der Waals surface area (Å²) in [7, 11) is 0. The molecule has 1 aliphatic heterocycles. The van der Waals surface area contributed by atoms with Gasteiger partial charge in [0.05, 0.1) is 18.6 Å². The van der Waals surface area contributed by atoms with E-state index in [0.29, 0.717) is 13.2 Å². The molecule has 0 bridgehead atoms. The number of hydrogen-bond acceptors (Lipinski definition) is 5. The number of esters is 1. The van der Waals surface area contributed by atoms with Crippen LogP contribution in [0.2, 0.25) is 0 Å². The van der Waals surface area contributed by atoms with Crippen molar-refractivity contribution >= 4 is 17.9 Å². The Hall–Kier alpha value is -1.83. The highest BCUT2D eigenvalue weighted by atomic mass is 16.5. The van der Waals surface area contributed by atoms with Gasteiger partial charge in [-0.15, -0.1) is 0 Å². The Balaban J connectivity index is 2.32. The van der Waals surface area contributed by atoms with Crippen molar-refractivity contribution in [2.24, 2.45) is 5.92 Å². The van der Waals surface area contributed by atoms with Gasteiger partial charge in [0.15, 0.2) is 0 Å². The summed E-state index contributed by atoms with van der Waals surface area (Å²) in [6.45, 7) is 8.18. The number of amides is 3. The highest BCUT2D eigenvalue weighted by Crippen LogP contribution is 2.10. The summed E-state index contributed by atoms with van der Waals surface area (Å²) in [5.41, 5.74) is 0. The predicted molar refractivity (Wildman–Crippen MR) is 88.4 cm³/mol. The van der Waals surface area contributed by atoms with E-state index < -0.39 is 24.0 Å². The molecule has 3 N–H and O–H groups in total. The summed E-state index contributed by atoms with van der Waals surface area (Å²) in [5, 5.41) is 7.98. The molecule has 0 spiro atoms.